The van der Waals surface area contributed by atoms with E-state index in [1.54, 1.807) is 0 Å². The van der Waals surface area contributed by atoms with Crippen LogP contribution in [-0.2, 0) is 4.79 Å². The summed E-state index contributed by atoms with van der Waals surface area (Å²) in [6, 6.07) is 0.452. The Morgan fingerprint density at radius 3 is 2.69 bits per heavy atom. The van der Waals surface area contributed by atoms with Crippen molar-refractivity contribution in [3.8, 4) is 0 Å². The van der Waals surface area contributed by atoms with Gasteiger partial charge in [-0.1, -0.05) is 13.8 Å². The zero-order valence-corrected chi connectivity index (χ0v) is 10.5. The Morgan fingerprint density at radius 1 is 1.44 bits per heavy atom. The summed E-state index contributed by atoms with van der Waals surface area (Å²) < 4.78 is 0. The van der Waals surface area contributed by atoms with Crippen molar-refractivity contribution in [3.05, 3.63) is 0 Å². The maximum atomic E-state index is 12.4. The van der Waals surface area contributed by atoms with Crippen LogP contribution in [0.4, 0.5) is 0 Å². The van der Waals surface area contributed by atoms with Crippen molar-refractivity contribution < 1.29 is 4.79 Å². The molecule has 92 valence electrons. The highest BCUT2D eigenvalue weighted by molar-refractivity contribution is 5.79. The summed E-state index contributed by atoms with van der Waals surface area (Å²) >= 11 is 0. The molecular weight excluding hydrogens is 200 g/mol. The first-order chi connectivity index (χ1) is 7.74. The number of hydrogen-bond donors (Lipinski definition) is 1. The van der Waals surface area contributed by atoms with E-state index in [-0.39, 0.29) is 5.92 Å². The number of nitrogens with one attached hydrogen (secondary N) is 1. The van der Waals surface area contributed by atoms with Gasteiger partial charge in [0.25, 0.3) is 0 Å². The second-order valence-corrected chi connectivity index (χ2v) is 5.30. The van der Waals surface area contributed by atoms with Gasteiger partial charge in [-0.05, 0) is 38.1 Å². The fraction of sp³-hybridized carbons (Fsp3) is 0.923. The zero-order valence-electron chi connectivity index (χ0n) is 10.5. The van der Waals surface area contributed by atoms with Crippen LogP contribution < -0.4 is 5.32 Å². The van der Waals surface area contributed by atoms with Crippen LogP contribution in [0.25, 0.3) is 0 Å². The Balaban J connectivity index is 1.96. The summed E-state index contributed by atoms with van der Waals surface area (Å²) in [5.74, 6) is 1.34. The maximum absolute atomic E-state index is 12.4. The van der Waals surface area contributed by atoms with Gasteiger partial charge in [0.05, 0.1) is 0 Å². The quantitative estimate of drug-likeness (QED) is 0.770. The summed E-state index contributed by atoms with van der Waals surface area (Å²) in [6.07, 6.45) is 4.72. The Morgan fingerprint density at radius 2 is 2.19 bits per heavy atom. The number of hydrogen-bond acceptors (Lipinski definition) is 2. The summed E-state index contributed by atoms with van der Waals surface area (Å²) in [5.41, 5.74) is 0. The van der Waals surface area contributed by atoms with Gasteiger partial charge < -0.3 is 10.2 Å². The third kappa shape index (κ3) is 2.57. The van der Waals surface area contributed by atoms with Gasteiger partial charge in [-0.15, -0.1) is 0 Å². The van der Waals surface area contributed by atoms with Crippen molar-refractivity contribution in [1.29, 1.82) is 0 Å². The number of amides is 1. The average molecular weight is 224 g/mol. The molecule has 2 atom stereocenters. The molecule has 0 radical (unpaired) electrons. The van der Waals surface area contributed by atoms with Gasteiger partial charge in [-0.2, -0.15) is 0 Å². The molecule has 1 N–H and O–H groups in total. The number of rotatable bonds is 5. The van der Waals surface area contributed by atoms with Crippen molar-refractivity contribution in [2.24, 2.45) is 11.8 Å². The van der Waals surface area contributed by atoms with Crippen LogP contribution in [0.2, 0.25) is 0 Å². The minimum absolute atomic E-state index is 0.257. The summed E-state index contributed by atoms with van der Waals surface area (Å²) in [6.45, 7) is 7.26. The van der Waals surface area contributed by atoms with Crippen LogP contribution >= 0.6 is 0 Å². The van der Waals surface area contributed by atoms with Gasteiger partial charge in [0, 0.05) is 25.0 Å². The highest BCUT2D eigenvalue weighted by Crippen LogP contribution is 2.37. The molecule has 1 saturated carbocycles. The van der Waals surface area contributed by atoms with Gasteiger partial charge in [-0.25, -0.2) is 0 Å². The molecule has 0 aromatic rings. The van der Waals surface area contributed by atoms with E-state index in [1.807, 2.05) is 0 Å². The smallest absolute Gasteiger partial charge is 0.225 e. The minimum Gasteiger partial charge on any atom is -0.338 e. The van der Waals surface area contributed by atoms with E-state index in [1.165, 1.54) is 12.8 Å². The fourth-order valence-corrected chi connectivity index (χ4v) is 2.68. The molecule has 2 rings (SSSR count). The second kappa shape index (κ2) is 5.17. The highest BCUT2D eigenvalue weighted by Gasteiger charge is 2.37. The topological polar surface area (TPSA) is 32.3 Å². The lowest BCUT2D eigenvalue weighted by Crippen LogP contribution is -2.45. The number of carbonyl (C=O) groups excluding carboxylic acids is 1. The predicted molar refractivity (Wildman–Crippen MR) is 65.2 cm³/mol. The van der Waals surface area contributed by atoms with Crippen molar-refractivity contribution >= 4 is 5.91 Å². The monoisotopic (exact) mass is 224 g/mol. The number of carbonyl (C=O) groups is 1. The molecule has 1 saturated heterocycles. The average Bonchev–Trinajstić information content (AvgIpc) is 3.00. The van der Waals surface area contributed by atoms with Crippen molar-refractivity contribution in [2.75, 3.05) is 19.6 Å². The van der Waals surface area contributed by atoms with Crippen LogP contribution in [-0.4, -0.2) is 36.5 Å². The third-order valence-electron chi connectivity index (χ3n) is 3.94. The largest absolute Gasteiger partial charge is 0.338 e. The lowest BCUT2D eigenvalue weighted by molar-refractivity contribution is -0.137. The van der Waals surface area contributed by atoms with E-state index < -0.39 is 0 Å². The second-order valence-electron chi connectivity index (χ2n) is 5.30. The molecular formula is C13H24N2O. The van der Waals surface area contributed by atoms with E-state index in [0.29, 0.717) is 17.9 Å². The molecule has 3 heteroatoms. The first-order valence-corrected chi connectivity index (χ1v) is 6.75. The Labute approximate surface area is 98.6 Å². The fourth-order valence-electron chi connectivity index (χ4n) is 2.68. The van der Waals surface area contributed by atoms with E-state index in [0.717, 1.165) is 32.5 Å². The third-order valence-corrected chi connectivity index (χ3v) is 3.94. The summed E-state index contributed by atoms with van der Waals surface area (Å²) in [5, 5.41) is 3.36. The molecule has 0 aromatic heterocycles. The molecule has 1 aliphatic carbocycles. The normalized spacial score (nSPS) is 26.8. The Bertz CT molecular complexity index is 244. The minimum atomic E-state index is 0.257. The van der Waals surface area contributed by atoms with E-state index >= 15 is 0 Å². The van der Waals surface area contributed by atoms with E-state index in [2.05, 4.69) is 24.1 Å². The van der Waals surface area contributed by atoms with Gasteiger partial charge >= 0.3 is 0 Å². The van der Waals surface area contributed by atoms with Crippen LogP contribution in [0.15, 0.2) is 0 Å². The Kier molecular flexibility index (Phi) is 3.85. The predicted octanol–water partition coefficient (Wildman–Crippen LogP) is 1.63. The van der Waals surface area contributed by atoms with Crippen LogP contribution in [0.3, 0.4) is 0 Å². The molecule has 0 aromatic carbocycles. The van der Waals surface area contributed by atoms with Gasteiger partial charge in [0.2, 0.25) is 5.91 Å². The lowest BCUT2D eigenvalue weighted by atomic mass is 10.0. The first kappa shape index (κ1) is 11.9. The van der Waals surface area contributed by atoms with Crippen LogP contribution in [0.1, 0.15) is 39.5 Å². The molecule has 2 unspecified atom stereocenters. The van der Waals surface area contributed by atoms with Crippen molar-refractivity contribution in [1.82, 2.24) is 10.2 Å². The van der Waals surface area contributed by atoms with Gasteiger partial charge in [-0.3, -0.25) is 4.79 Å². The molecule has 1 aliphatic heterocycles. The van der Waals surface area contributed by atoms with E-state index in [9.17, 15) is 4.79 Å². The summed E-state index contributed by atoms with van der Waals surface area (Å²) in [7, 11) is 0. The molecule has 1 heterocycles. The number of nitrogens with zero attached hydrogens (tertiary/aromatic N) is 1. The molecule has 1 amide bonds. The zero-order chi connectivity index (χ0) is 11.5. The van der Waals surface area contributed by atoms with Crippen molar-refractivity contribution in [3.63, 3.8) is 0 Å². The highest BCUT2D eigenvalue weighted by atomic mass is 16.2. The molecule has 0 bridgehead atoms. The van der Waals surface area contributed by atoms with Crippen LogP contribution in [0.5, 0.6) is 0 Å². The SMILES string of the molecule is CCCN(C(=O)C(C)C1CC1)C1CCNC1. The molecule has 3 nitrogen and oxygen atoms in total. The standard InChI is InChI=1S/C13H24N2O/c1-3-8-15(12-6-7-14-9-12)13(16)10(2)11-4-5-11/h10-12,14H,3-9H2,1-2H3. The first-order valence-electron chi connectivity index (χ1n) is 6.75. The molecule has 0 spiro atoms. The van der Waals surface area contributed by atoms with E-state index in [4.69, 9.17) is 0 Å². The molecule has 2 fully saturated rings. The van der Waals surface area contributed by atoms with Crippen LogP contribution in [0, 0.1) is 11.8 Å². The van der Waals surface area contributed by atoms with Crippen molar-refractivity contribution in [2.45, 2.75) is 45.6 Å². The molecule has 2 aliphatic rings. The van der Waals surface area contributed by atoms with Gasteiger partial charge in [0.1, 0.15) is 0 Å². The Hall–Kier alpha value is -0.570. The lowest BCUT2D eigenvalue weighted by Gasteiger charge is -2.30. The maximum Gasteiger partial charge on any atom is 0.225 e. The summed E-state index contributed by atoms with van der Waals surface area (Å²) in [4.78, 5) is 14.5. The van der Waals surface area contributed by atoms with Gasteiger partial charge in [0.15, 0.2) is 0 Å². The molecule has 16 heavy (non-hydrogen) atoms.